The van der Waals surface area contributed by atoms with Crippen molar-refractivity contribution >= 4 is 16.0 Å². The average Bonchev–Trinajstić information content (AvgIpc) is 2.57. The van der Waals surface area contributed by atoms with E-state index in [1.165, 1.54) is 6.92 Å². The van der Waals surface area contributed by atoms with Crippen molar-refractivity contribution < 1.29 is 37.1 Å². The van der Waals surface area contributed by atoms with Gasteiger partial charge < -0.3 is 25.0 Å². The quantitative estimate of drug-likeness (QED) is 0.513. The summed E-state index contributed by atoms with van der Waals surface area (Å²) < 4.78 is 38.9. The SMILES string of the molecule is CC(=O)N[C@@H]1[C@H](OCc2ccccc2)O[C@H](CO)[C@@H](OS(C)(=O)=O)[C@@H]1O. The third-order valence-electron chi connectivity index (χ3n) is 3.77. The van der Waals surface area contributed by atoms with Crippen LogP contribution in [0.2, 0.25) is 0 Å². The van der Waals surface area contributed by atoms with Gasteiger partial charge in [0.2, 0.25) is 5.91 Å². The monoisotopic (exact) mass is 389 g/mol. The molecule has 1 aliphatic heterocycles. The van der Waals surface area contributed by atoms with Crippen LogP contribution in [-0.2, 0) is 35.2 Å². The molecule has 9 nitrogen and oxygen atoms in total. The summed E-state index contributed by atoms with van der Waals surface area (Å²) in [5, 5.41) is 22.5. The predicted molar refractivity (Wildman–Crippen MR) is 90.3 cm³/mol. The maximum atomic E-state index is 11.5. The van der Waals surface area contributed by atoms with Gasteiger partial charge in [0.05, 0.1) is 19.5 Å². The third kappa shape index (κ3) is 5.73. The highest BCUT2D eigenvalue weighted by molar-refractivity contribution is 7.86. The molecule has 0 unspecified atom stereocenters. The van der Waals surface area contributed by atoms with Gasteiger partial charge in [-0.3, -0.25) is 8.98 Å². The normalized spacial score (nSPS) is 29.3. The fraction of sp³-hybridized carbons (Fsp3) is 0.562. The predicted octanol–water partition coefficient (Wildman–Crippen LogP) is -0.869. The molecule has 0 aliphatic carbocycles. The lowest BCUT2D eigenvalue weighted by molar-refractivity contribution is -0.268. The van der Waals surface area contributed by atoms with Crippen molar-refractivity contribution in [3.05, 3.63) is 35.9 Å². The summed E-state index contributed by atoms with van der Waals surface area (Å²) in [5.74, 6) is -0.466. The number of amides is 1. The maximum absolute atomic E-state index is 11.5. The molecule has 1 fully saturated rings. The molecule has 2 rings (SSSR count). The largest absolute Gasteiger partial charge is 0.394 e. The summed E-state index contributed by atoms with van der Waals surface area (Å²) in [6, 6.07) is 8.07. The van der Waals surface area contributed by atoms with E-state index in [9.17, 15) is 23.4 Å². The molecular weight excluding hydrogens is 366 g/mol. The van der Waals surface area contributed by atoms with E-state index in [2.05, 4.69) is 5.32 Å². The molecule has 26 heavy (non-hydrogen) atoms. The first kappa shape index (κ1) is 20.7. The van der Waals surface area contributed by atoms with Gasteiger partial charge in [0.25, 0.3) is 10.1 Å². The zero-order chi connectivity index (χ0) is 19.3. The summed E-state index contributed by atoms with van der Waals surface area (Å²) >= 11 is 0. The van der Waals surface area contributed by atoms with Gasteiger partial charge in [-0.25, -0.2) is 0 Å². The fourth-order valence-corrected chi connectivity index (χ4v) is 3.31. The lowest BCUT2D eigenvalue weighted by Gasteiger charge is -2.43. The molecular formula is C16H23NO8S. The minimum absolute atomic E-state index is 0.129. The van der Waals surface area contributed by atoms with E-state index in [0.717, 1.165) is 11.8 Å². The van der Waals surface area contributed by atoms with Crippen molar-refractivity contribution in [2.75, 3.05) is 12.9 Å². The van der Waals surface area contributed by atoms with E-state index in [-0.39, 0.29) is 6.61 Å². The highest BCUT2D eigenvalue weighted by Crippen LogP contribution is 2.26. The number of benzene rings is 1. The van der Waals surface area contributed by atoms with Crippen molar-refractivity contribution in [2.24, 2.45) is 0 Å². The van der Waals surface area contributed by atoms with E-state index in [1.54, 1.807) is 0 Å². The molecule has 1 aliphatic rings. The van der Waals surface area contributed by atoms with E-state index in [1.807, 2.05) is 30.3 Å². The van der Waals surface area contributed by atoms with Gasteiger partial charge in [0, 0.05) is 6.92 Å². The Balaban J connectivity index is 2.18. The van der Waals surface area contributed by atoms with Crippen LogP contribution in [-0.4, -0.2) is 68.0 Å². The van der Waals surface area contributed by atoms with E-state index in [0.29, 0.717) is 0 Å². The smallest absolute Gasteiger partial charge is 0.264 e. The molecule has 146 valence electrons. The Kier molecular flexibility index (Phi) is 7.09. The molecule has 0 spiro atoms. The highest BCUT2D eigenvalue weighted by Gasteiger charge is 2.48. The molecule has 3 N–H and O–H groups in total. The number of aliphatic hydroxyl groups is 2. The number of carbonyl (C=O) groups is 1. The first-order valence-corrected chi connectivity index (χ1v) is 9.78. The molecule has 0 saturated carbocycles. The molecule has 1 aromatic carbocycles. The van der Waals surface area contributed by atoms with Crippen LogP contribution in [0.4, 0.5) is 0 Å². The Morgan fingerprint density at radius 2 is 1.96 bits per heavy atom. The fourth-order valence-electron chi connectivity index (χ4n) is 2.67. The van der Waals surface area contributed by atoms with Crippen LogP contribution in [0.3, 0.4) is 0 Å². The molecule has 0 radical (unpaired) electrons. The number of rotatable bonds is 7. The molecule has 5 atom stereocenters. The minimum atomic E-state index is -3.93. The zero-order valence-electron chi connectivity index (χ0n) is 14.4. The van der Waals surface area contributed by atoms with Crippen LogP contribution in [0.1, 0.15) is 12.5 Å². The van der Waals surface area contributed by atoms with Gasteiger partial charge in [-0.05, 0) is 5.56 Å². The van der Waals surface area contributed by atoms with Gasteiger partial charge in [0.1, 0.15) is 24.4 Å². The Hall–Kier alpha value is -1.56. The van der Waals surface area contributed by atoms with E-state index >= 15 is 0 Å². The molecule has 0 aromatic heterocycles. The summed E-state index contributed by atoms with van der Waals surface area (Å²) in [7, 11) is -3.93. The topological polar surface area (TPSA) is 131 Å². The number of aliphatic hydroxyl groups excluding tert-OH is 2. The Morgan fingerprint density at radius 1 is 1.31 bits per heavy atom. The lowest BCUT2D eigenvalue weighted by atomic mass is 9.97. The number of nitrogens with one attached hydrogen (secondary N) is 1. The van der Waals surface area contributed by atoms with Crippen LogP contribution >= 0.6 is 0 Å². The van der Waals surface area contributed by atoms with Crippen LogP contribution in [0.15, 0.2) is 30.3 Å². The zero-order valence-corrected chi connectivity index (χ0v) is 15.3. The summed E-state index contributed by atoms with van der Waals surface area (Å²) in [5.41, 5.74) is 0.835. The molecule has 1 saturated heterocycles. The lowest BCUT2D eigenvalue weighted by Crippen LogP contribution is -2.65. The first-order chi connectivity index (χ1) is 12.2. The second-order valence-electron chi connectivity index (χ2n) is 6.00. The van der Waals surface area contributed by atoms with Crippen molar-refractivity contribution in [1.29, 1.82) is 0 Å². The molecule has 1 amide bonds. The number of hydrogen-bond donors (Lipinski definition) is 3. The van der Waals surface area contributed by atoms with E-state index in [4.69, 9.17) is 13.7 Å². The Morgan fingerprint density at radius 3 is 2.50 bits per heavy atom. The number of hydrogen-bond acceptors (Lipinski definition) is 8. The summed E-state index contributed by atoms with van der Waals surface area (Å²) in [4.78, 5) is 11.5. The second kappa shape index (κ2) is 8.89. The average molecular weight is 389 g/mol. The van der Waals surface area contributed by atoms with Crippen LogP contribution in [0, 0.1) is 0 Å². The molecule has 0 bridgehead atoms. The Bertz CT molecular complexity index is 695. The van der Waals surface area contributed by atoms with Crippen LogP contribution in [0.25, 0.3) is 0 Å². The van der Waals surface area contributed by atoms with Crippen molar-refractivity contribution in [2.45, 2.75) is 44.2 Å². The minimum Gasteiger partial charge on any atom is -0.394 e. The third-order valence-corrected chi connectivity index (χ3v) is 4.34. The maximum Gasteiger partial charge on any atom is 0.264 e. The number of ether oxygens (including phenoxy) is 2. The van der Waals surface area contributed by atoms with Gasteiger partial charge in [-0.2, -0.15) is 8.42 Å². The van der Waals surface area contributed by atoms with Crippen LogP contribution in [0.5, 0.6) is 0 Å². The number of carbonyl (C=O) groups excluding carboxylic acids is 1. The highest BCUT2D eigenvalue weighted by atomic mass is 32.2. The molecule has 1 aromatic rings. The van der Waals surface area contributed by atoms with Crippen LogP contribution < -0.4 is 5.32 Å². The second-order valence-corrected chi connectivity index (χ2v) is 7.60. The van der Waals surface area contributed by atoms with Gasteiger partial charge in [-0.15, -0.1) is 0 Å². The van der Waals surface area contributed by atoms with Gasteiger partial charge in [-0.1, -0.05) is 30.3 Å². The van der Waals surface area contributed by atoms with Gasteiger partial charge in [0.15, 0.2) is 6.29 Å². The van der Waals surface area contributed by atoms with Crippen molar-refractivity contribution in [3.63, 3.8) is 0 Å². The van der Waals surface area contributed by atoms with Crippen molar-refractivity contribution in [3.8, 4) is 0 Å². The molecule has 10 heteroatoms. The van der Waals surface area contributed by atoms with E-state index < -0.39 is 53.3 Å². The Labute approximate surface area is 152 Å². The standard InChI is InChI=1S/C16H23NO8S/c1-10(19)17-13-14(20)15(25-26(2,21)22)12(8-18)24-16(13)23-9-11-6-4-3-5-7-11/h3-7,12-16,18,20H,8-9H2,1-2H3,(H,17,19)/t12-,13+,14-,15-,16-/m1/s1. The summed E-state index contributed by atoms with van der Waals surface area (Å²) in [6.07, 6.45) is -4.29. The first-order valence-electron chi connectivity index (χ1n) is 7.96. The molecule has 1 heterocycles. The summed E-state index contributed by atoms with van der Waals surface area (Å²) in [6.45, 7) is 0.769. The van der Waals surface area contributed by atoms with Gasteiger partial charge >= 0.3 is 0 Å². The van der Waals surface area contributed by atoms with Crippen molar-refractivity contribution in [1.82, 2.24) is 5.32 Å².